The number of nitrogens with one attached hydrogen (secondary N) is 1. The molecule has 2 aromatic rings. The molecule has 1 aliphatic rings. The standard InChI is InChI=1S/C16H22N4O4S/c1-19-14-10-13(24-2)4-3-11(14)9-15(19)16(21)20-7-5-12(6-8-20)18-25(17,22)23/h3-4,9-10,12,18H,5-8H2,1-2H3,(H2,17,22,23). The molecule has 3 rings (SSSR count). The molecule has 3 N–H and O–H groups in total. The first kappa shape index (κ1) is 17.7. The lowest BCUT2D eigenvalue weighted by atomic mass is 10.1. The van der Waals surface area contributed by atoms with Crippen molar-refractivity contribution in [3.8, 4) is 5.75 Å². The second-order valence-electron chi connectivity index (χ2n) is 6.24. The predicted octanol–water partition coefficient (Wildman–Crippen LogP) is 0.585. The van der Waals surface area contributed by atoms with Crippen LogP contribution in [0.15, 0.2) is 24.3 Å². The Hall–Kier alpha value is -2.10. The maximum absolute atomic E-state index is 12.8. The molecular formula is C16H22N4O4S. The molecule has 1 aliphatic heterocycles. The molecule has 0 saturated carbocycles. The highest BCUT2D eigenvalue weighted by Crippen LogP contribution is 2.25. The Labute approximate surface area is 146 Å². The molecule has 1 fully saturated rings. The van der Waals surface area contributed by atoms with Crippen molar-refractivity contribution < 1.29 is 17.9 Å². The lowest BCUT2D eigenvalue weighted by Crippen LogP contribution is -2.48. The number of hydrogen-bond donors (Lipinski definition) is 2. The summed E-state index contributed by atoms with van der Waals surface area (Å²) in [5.41, 5.74) is 1.52. The molecule has 9 heteroatoms. The van der Waals surface area contributed by atoms with Gasteiger partial charge < -0.3 is 14.2 Å². The van der Waals surface area contributed by atoms with Gasteiger partial charge in [0.2, 0.25) is 0 Å². The van der Waals surface area contributed by atoms with E-state index in [4.69, 9.17) is 9.88 Å². The highest BCUT2D eigenvalue weighted by Gasteiger charge is 2.27. The molecule has 0 bridgehead atoms. The predicted molar refractivity (Wildman–Crippen MR) is 94.6 cm³/mol. The third kappa shape index (κ3) is 3.78. The Bertz CT molecular complexity index is 898. The Kier molecular flexibility index (Phi) is 4.72. The molecule has 8 nitrogen and oxygen atoms in total. The quantitative estimate of drug-likeness (QED) is 0.825. The van der Waals surface area contributed by atoms with Gasteiger partial charge in [-0.1, -0.05) is 0 Å². The van der Waals surface area contributed by atoms with Gasteiger partial charge in [-0.3, -0.25) is 4.79 Å². The van der Waals surface area contributed by atoms with Gasteiger partial charge in [0.15, 0.2) is 0 Å². The summed E-state index contributed by atoms with van der Waals surface area (Å²) in [5.74, 6) is 0.675. The van der Waals surface area contributed by atoms with Crippen LogP contribution in [0.2, 0.25) is 0 Å². The minimum absolute atomic E-state index is 0.0632. The van der Waals surface area contributed by atoms with E-state index in [0.29, 0.717) is 31.6 Å². The fourth-order valence-corrected chi connectivity index (χ4v) is 3.94. The number of amides is 1. The van der Waals surface area contributed by atoms with Crippen molar-refractivity contribution in [3.05, 3.63) is 30.0 Å². The molecule has 0 spiro atoms. The minimum Gasteiger partial charge on any atom is -0.497 e. The number of nitrogens with two attached hydrogens (primary N) is 1. The van der Waals surface area contributed by atoms with Crippen LogP contribution in [0.5, 0.6) is 5.75 Å². The van der Waals surface area contributed by atoms with E-state index in [2.05, 4.69) is 4.72 Å². The third-order valence-corrected chi connectivity index (χ3v) is 5.25. The van der Waals surface area contributed by atoms with Gasteiger partial charge in [0.05, 0.1) is 12.6 Å². The molecule has 1 amide bonds. The molecule has 1 aromatic heterocycles. The first-order valence-corrected chi connectivity index (χ1v) is 9.56. The maximum atomic E-state index is 12.8. The second-order valence-corrected chi connectivity index (χ2v) is 7.57. The van der Waals surface area contributed by atoms with E-state index < -0.39 is 10.2 Å². The van der Waals surface area contributed by atoms with Crippen LogP contribution in [0.4, 0.5) is 0 Å². The number of fused-ring (bicyclic) bond motifs is 1. The molecular weight excluding hydrogens is 344 g/mol. The van der Waals surface area contributed by atoms with Crippen LogP contribution >= 0.6 is 0 Å². The van der Waals surface area contributed by atoms with Crippen molar-refractivity contribution in [3.63, 3.8) is 0 Å². The number of aryl methyl sites for hydroxylation is 1. The van der Waals surface area contributed by atoms with E-state index in [0.717, 1.165) is 16.7 Å². The lowest BCUT2D eigenvalue weighted by molar-refractivity contribution is 0.0702. The average molecular weight is 366 g/mol. The Morgan fingerprint density at radius 1 is 1.28 bits per heavy atom. The van der Waals surface area contributed by atoms with Gasteiger partial charge >= 0.3 is 0 Å². The lowest BCUT2D eigenvalue weighted by Gasteiger charge is -2.31. The summed E-state index contributed by atoms with van der Waals surface area (Å²) in [7, 11) is -0.255. The number of rotatable bonds is 4. The Morgan fingerprint density at radius 3 is 2.56 bits per heavy atom. The van der Waals surface area contributed by atoms with Crippen LogP contribution < -0.4 is 14.6 Å². The van der Waals surface area contributed by atoms with Crippen LogP contribution in [-0.4, -0.2) is 50.0 Å². The zero-order valence-corrected chi connectivity index (χ0v) is 15.0. The van der Waals surface area contributed by atoms with Gasteiger partial charge in [-0.25, -0.2) is 5.14 Å². The number of carbonyl (C=O) groups is 1. The monoisotopic (exact) mass is 366 g/mol. The van der Waals surface area contributed by atoms with Gasteiger partial charge in [0.1, 0.15) is 11.4 Å². The zero-order chi connectivity index (χ0) is 18.2. The van der Waals surface area contributed by atoms with Gasteiger partial charge in [-0.05, 0) is 31.0 Å². The van der Waals surface area contributed by atoms with Gasteiger partial charge in [-0.15, -0.1) is 0 Å². The highest BCUT2D eigenvalue weighted by atomic mass is 32.2. The van der Waals surface area contributed by atoms with Crippen molar-refractivity contribution >= 4 is 27.0 Å². The zero-order valence-electron chi connectivity index (χ0n) is 14.2. The Morgan fingerprint density at radius 2 is 1.96 bits per heavy atom. The first-order chi connectivity index (χ1) is 11.8. The van der Waals surface area contributed by atoms with E-state index >= 15 is 0 Å². The van der Waals surface area contributed by atoms with Crippen LogP contribution in [-0.2, 0) is 17.3 Å². The summed E-state index contributed by atoms with van der Waals surface area (Å²) in [4.78, 5) is 14.6. The van der Waals surface area contributed by atoms with Gasteiger partial charge in [0, 0.05) is 37.6 Å². The molecule has 25 heavy (non-hydrogen) atoms. The number of benzene rings is 1. The molecule has 2 heterocycles. The summed E-state index contributed by atoms with van der Waals surface area (Å²) in [5, 5.41) is 5.98. The van der Waals surface area contributed by atoms with Crippen LogP contribution in [0.1, 0.15) is 23.3 Å². The number of methoxy groups -OCH3 is 1. The average Bonchev–Trinajstić information content (AvgIpc) is 2.90. The van der Waals surface area contributed by atoms with E-state index in [1.165, 1.54) is 0 Å². The van der Waals surface area contributed by atoms with Crippen LogP contribution in [0, 0.1) is 0 Å². The van der Waals surface area contributed by atoms with Crippen molar-refractivity contribution in [2.75, 3.05) is 20.2 Å². The molecule has 0 unspecified atom stereocenters. The molecule has 136 valence electrons. The first-order valence-electron chi connectivity index (χ1n) is 8.01. The summed E-state index contributed by atoms with van der Waals surface area (Å²) in [6.07, 6.45) is 1.08. The van der Waals surface area contributed by atoms with Crippen molar-refractivity contribution in [1.29, 1.82) is 0 Å². The smallest absolute Gasteiger partial charge is 0.274 e. The topological polar surface area (TPSA) is 107 Å². The Balaban J connectivity index is 1.76. The van der Waals surface area contributed by atoms with Crippen molar-refractivity contribution in [2.45, 2.75) is 18.9 Å². The molecule has 0 atom stereocenters. The number of hydrogen-bond acceptors (Lipinski definition) is 4. The fourth-order valence-electron chi connectivity index (χ4n) is 3.24. The second kappa shape index (κ2) is 6.66. The molecule has 1 aromatic carbocycles. The van der Waals surface area contributed by atoms with Crippen molar-refractivity contribution in [1.82, 2.24) is 14.2 Å². The minimum atomic E-state index is -3.71. The number of carbonyl (C=O) groups excluding carboxylic acids is 1. The summed E-state index contributed by atoms with van der Waals surface area (Å²) in [6.45, 7) is 0.966. The van der Waals surface area contributed by atoms with E-state index in [1.54, 1.807) is 12.0 Å². The summed E-state index contributed by atoms with van der Waals surface area (Å²) >= 11 is 0. The van der Waals surface area contributed by atoms with E-state index in [1.807, 2.05) is 35.9 Å². The fraction of sp³-hybridized carbons (Fsp3) is 0.438. The van der Waals surface area contributed by atoms with Crippen LogP contribution in [0.25, 0.3) is 10.9 Å². The number of ether oxygens (including phenoxy) is 1. The van der Waals surface area contributed by atoms with Crippen molar-refractivity contribution in [2.24, 2.45) is 12.2 Å². The SMILES string of the molecule is COc1ccc2cc(C(=O)N3CCC(NS(N)(=O)=O)CC3)n(C)c2c1. The maximum Gasteiger partial charge on any atom is 0.274 e. The van der Waals surface area contributed by atoms with Gasteiger partial charge in [0.25, 0.3) is 16.1 Å². The molecule has 0 radical (unpaired) electrons. The number of nitrogens with zero attached hydrogens (tertiary/aromatic N) is 2. The summed E-state index contributed by atoms with van der Waals surface area (Å²) < 4.78 is 31.7. The molecule has 0 aliphatic carbocycles. The third-order valence-electron chi connectivity index (χ3n) is 4.58. The molecule has 1 saturated heterocycles. The van der Waals surface area contributed by atoms with E-state index in [-0.39, 0.29) is 11.9 Å². The number of piperidine rings is 1. The highest BCUT2D eigenvalue weighted by molar-refractivity contribution is 7.87. The van der Waals surface area contributed by atoms with Crippen LogP contribution in [0.3, 0.4) is 0 Å². The van der Waals surface area contributed by atoms with Gasteiger partial charge in [-0.2, -0.15) is 13.1 Å². The summed E-state index contributed by atoms with van der Waals surface area (Å²) in [6, 6.07) is 7.32. The largest absolute Gasteiger partial charge is 0.497 e. The normalized spacial score (nSPS) is 16.4. The van der Waals surface area contributed by atoms with E-state index in [9.17, 15) is 13.2 Å². The number of aromatic nitrogens is 1. The number of likely N-dealkylation sites (tertiary alicyclic amines) is 1.